The molecule has 0 fully saturated rings. The number of nitrogens with zero attached hydrogens (tertiary/aromatic N) is 1. The summed E-state index contributed by atoms with van der Waals surface area (Å²) in [5.41, 5.74) is 0.894. The fourth-order valence-electron chi connectivity index (χ4n) is 1.39. The molecule has 1 unspecified atom stereocenters. The van der Waals surface area contributed by atoms with Crippen LogP contribution in [0.5, 0.6) is 0 Å². The fraction of sp³-hybridized carbons (Fsp3) is 0.545. The van der Waals surface area contributed by atoms with Crippen LogP contribution in [-0.4, -0.2) is 49.3 Å². The molecule has 0 spiro atoms. The Balaban J connectivity index is 2.67. The highest BCUT2D eigenvalue weighted by atomic mass is 35.5. The highest BCUT2D eigenvalue weighted by Crippen LogP contribution is 2.28. The van der Waals surface area contributed by atoms with Crippen LogP contribution in [0, 0.1) is 6.92 Å². The van der Waals surface area contributed by atoms with Crippen molar-refractivity contribution in [2.24, 2.45) is 0 Å². The van der Waals surface area contributed by atoms with Crippen molar-refractivity contribution in [2.45, 2.75) is 13.0 Å². The molecular formula is C11H16ClNO3S. The number of carbonyl (C=O) groups is 1. The van der Waals surface area contributed by atoms with Crippen molar-refractivity contribution in [3.63, 3.8) is 0 Å². The molecule has 0 aliphatic carbocycles. The van der Waals surface area contributed by atoms with Crippen molar-refractivity contribution in [3.05, 3.63) is 20.8 Å². The third-order valence-electron chi connectivity index (χ3n) is 2.28. The first kappa shape index (κ1) is 14.4. The summed E-state index contributed by atoms with van der Waals surface area (Å²) in [6, 6.07) is 0. The molecule has 1 rings (SSSR count). The molecule has 1 amide bonds. The molecule has 1 heterocycles. The summed E-state index contributed by atoms with van der Waals surface area (Å²) in [7, 11) is 3.14. The molecule has 0 saturated heterocycles. The highest BCUT2D eigenvalue weighted by molar-refractivity contribution is 7.13. The van der Waals surface area contributed by atoms with Gasteiger partial charge in [0.15, 0.2) is 0 Å². The number of halogens is 1. The molecular weight excluding hydrogens is 262 g/mol. The van der Waals surface area contributed by atoms with Crippen LogP contribution in [0.4, 0.5) is 0 Å². The summed E-state index contributed by atoms with van der Waals surface area (Å²) in [6.07, 6.45) is -0.686. The summed E-state index contributed by atoms with van der Waals surface area (Å²) in [5, 5.41) is 11.9. The summed E-state index contributed by atoms with van der Waals surface area (Å²) in [6.45, 7) is 2.28. The van der Waals surface area contributed by atoms with Gasteiger partial charge in [0.25, 0.3) is 5.91 Å². The van der Waals surface area contributed by atoms with Gasteiger partial charge in [0.05, 0.1) is 17.7 Å². The number of aliphatic hydroxyl groups is 1. The maximum atomic E-state index is 12.0. The number of aryl methyl sites for hydroxylation is 1. The van der Waals surface area contributed by atoms with Gasteiger partial charge >= 0.3 is 0 Å². The fourth-order valence-corrected chi connectivity index (χ4v) is 2.66. The molecule has 1 aromatic rings. The Bertz CT molecular complexity index is 394. The van der Waals surface area contributed by atoms with Crippen molar-refractivity contribution in [1.82, 2.24) is 4.90 Å². The Morgan fingerprint density at radius 3 is 2.82 bits per heavy atom. The lowest BCUT2D eigenvalue weighted by molar-refractivity contribution is 0.0382. The van der Waals surface area contributed by atoms with E-state index in [2.05, 4.69) is 0 Å². The molecule has 6 heteroatoms. The average Bonchev–Trinajstić information content (AvgIpc) is 2.59. The van der Waals surface area contributed by atoms with E-state index < -0.39 is 6.10 Å². The average molecular weight is 278 g/mol. The topological polar surface area (TPSA) is 49.8 Å². The van der Waals surface area contributed by atoms with Gasteiger partial charge in [-0.2, -0.15) is 0 Å². The predicted molar refractivity (Wildman–Crippen MR) is 68.9 cm³/mol. The SMILES string of the molecule is COCC(O)CN(C)C(=O)c1scc(C)c1Cl. The maximum absolute atomic E-state index is 12.0. The number of ether oxygens (including phenoxy) is 1. The van der Waals surface area contributed by atoms with E-state index in [1.807, 2.05) is 12.3 Å². The molecule has 17 heavy (non-hydrogen) atoms. The van der Waals surface area contributed by atoms with Gasteiger partial charge in [0.2, 0.25) is 0 Å². The Morgan fingerprint density at radius 2 is 2.35 bits per heavy atom. The van der Waals surface area contributed by atoms with E-state index in [1.54, 1.807) is 7.05 Å². The van der Waals surface area contributed by atoms with Crippen LogP contribution >= 0.6 is 22.9 Å². The van der Waals surface area contributed by atoms with Gasteiger partial charge in [0.1, 0.15) is 4.88 Å². The summed E-state index contributed by atoms with van der Waals surface area (Å²) < 4.78 is 4.81. The van der Waals surface area contributed by atoms with Crippen molar-refractivity contribution >= 4 is 28.8 Å². The smallest absolute Gasteiger partial charge is 0.265 e. The van der Waals surface area contributed by atoms with Crippen LogP contribution in [0.15, 0.2) is 5.38 Å². The third kappa shape index (κ3) is 3.67. The molecule has 0 radical (unpaired) electrons. The molecule has 96 valence electrons. The summed E-state index contributed by atoms with van der Waals surface area (Å²) >= 11 is 7.34. The monoisotopic (exact) mass is 277 g/mol. The van der Waals surface area contributed by atoms with Gasteiger partial charge < -0.3 is 14.7 Å². The van der Waals surface area contributed by atoms with Crippen LogP contribution in [0.25, 0.3) is 0 Å². The molecule has 1 atom stereocenters. The molecule has 4 nitrogen and oxygen atoms in total. The first-order chi connectivity index (χ1) is 7.97. The minimum Gasteiger partial charge on any atom is -0.389 e. The van der Waals surface area contributed by atoms with Crippen molar-refractivity contribution in [1.29, 1.82) is 0 Å². The maximum Gasteiger partial charge on any atom is 0.265 e. The molecule has 1 N–H and O–H groups in total. The van der Waals surface area contributed by atoms with E-state index in [0.29, 0.717) is 9.90 Å². The molecule has 1 aromatic heterocycles. The lowest BCUT2D eigenvalue weighted by Crippen LogP contribution is -2.36. The van der Waals surface area contributed by atoms with Gasteiger partial charge in [-0.15, -0.1) is 11.3 Å². The number of methoxy groups -OCH3 is 1. The Kier molecular flexibility index (Phi) is 5.39. The van der Waals surface area contributed by atoms with E-state index in [1.165, 1.54) is 23.3 Å². The minimum atomic E-state index is -0.686. The quantitative estimate of drug-likeness (QED) is 0.893. The zero-order chi connectivity index (χ0) is 13.0. The second kappa shape index (κ2) is 6.35. The predicted octanol–water partition coefficient (Wildman–Crippen LogP) is 1.79. The number of hydrogen-bond donors (Lipinski definition) is 1. The standard InChI is InChI=1S/C11H16ClNO3S/c1-7-6-17-10(9(7)12)11(15)13(2)4-8(14)5-16-3/h6,8,14H,4-5H2,1-3H3. The number of rotatable bonds is 5. The second-order valence-corrected chi connectivity index (χ2v) is 5.11. The van der Waals surface area contributed by atoms with E-state index in [-0.39, 0.29) is 19.1 Å². The first-order valence-electron chi connectivity index (χ1n) is 5.13. The van der Waals surface area contributed by atoms with Gasteiger partial charge in [-0.3, -0.25) is 4.79 Å². The Labute approximate surface area is 110 Å². The number of thiophene rings is 1. The normalized spacial score (nSPS) is 12.5. The van der Waals surface area contributed by atoms with Gasteiger partial charge in [-0.25, -0.2) is 0 Å². The first-order valence-corrected chi connectivity index (χ1v) is 6.39. The molecule has 0 aromatic carbocycles. The summed E-state index contributed by atoms with van der Waals surface area (Å²) in [5.74, 6) is -0.178. The van der Waals surface area contributed by atoms with Gasteiger partial charge in [-0.1, -0.05) is 11.6 Å². The Morgan fingerprint density at radius 1 is 1.71 bits per heavy atom. The van der Waals surface area contributed by atoms with E-state index in [9.17, 15) is 9.90 Å². The zero-order valence-corrected chi connectivity index (χ0v) is 11.6. The van der Waals surface area contributed by atoms with Gasteiger partial charge in [0, 0.05) is 20.7 Å². The van der Waals surface area contributed by atoms with Gasteiger partial charge in [-0.05, 0) is 17.9 Å². The number of likely N-dealkylation sites (N-methyl/N-ethyl adjacent to an activating group) is 1. The van der Waals surface area contributed by atoms with Crippen LogP contribution in [0.2, 0.25) is 5.02 Å². The molecule has 0 aliphatic rings. The van der Waals surface area contributed by atoms with E-state index in [4.69, 9.17) is 16.3 Å². The lowest BCUT2D eigenvalue weighted by Gasteiger charge is -2.20. The minimum absolute atomic E-state index is 0.178. The Hall–Kier alpha value is -0.620. The molecule has 0 saturated carbocycles. The molecule has 0 aliphatic heterocycles. The van der Waals surface area contributed by atoms with E-state index in [0.717, 1.165) is 5.56 Å². The zero-order valence-electron chi connectivity index (χ0n) is 10.1. The van der Waals surface area contributed by atoms with Crippen LogP contribution in [-0.2, 0) is 4.74 Å². The number of carbonyl (C=O) groups excluding carboxylic acids is 1. The largest absolute Gasteiger partial charge is 0.389 e. The third-order valence-corrected chi connectivity index (χ3v) is 3.97. The number of hydrogen-bond acceptors (Lipinski definition) is 4. The number of amides is 1. The van der Waals surface area contributed by atoms with Crippen molar-refractivity contribution < 1.29 is 14.6 Å². The molecule has 0 bridgehead atoms. The van der Waals surface area contributed by atoms with E-state index >= 15 is 0 Å². The lowest BCUT2D eigenvalue weighted by atomic mass is 10.3. The highest BCUT2D eigenvalue weighted by Gasteiger charge is 2.20. The number of aliphatic hydroxyl groups excluding tert-OH is 1. The summed E-state index contributed by atoms with van der Waals surface area (Å²) in [4.78, 5) is 14.0. The van der Waals surface area contributed by atoms with Crippen LogP contribution < -0.4 is 0 Å². The van der Waals surface area contributed by atoms with Crippen molar-refractivity contribution in [3.8, 4) is 0 Å². The van der Waals surface area contributed by atoms with Crippen LogP contribution in [0.3, 0.4) is 0 Å². The van der Waals surface area contributed by atoms with Crippen molar-refractivity contribution in [2.75, 3.05) is 27.3 Å². The van der Waals surface area contributed by atoms with Crippen LogP contribution in [0.1, 0.15) is 15.2 Å². The second-order valence-electron chi connectivity index (χ2n) is 3.86.